The summed E-state index contributed by atoms with van der Waals surface area (Å²) >= 11 is 0. The van der Waals surface area contributed by atoms with E-state index in [-0.39, 0.29) is 24.9 Å². The molecule has 0 aliphatic rings. The lowest BCUT2D eigenvalue weighted by atomic mass is 10.2. The summed E-state index contributed by atoms with van der Waals surface area (Å²) in [7, 11) is 0. The second-order valence-electron chi connectivity index (χ2n) is 4.04. The second-order valence-corrected chi connectivity index (χ2v) is 4.04. The van der Waals surface area contributed by atoms with Gasteiger partial charge in [0.25, 0.3) is 0 Å². The quantitative estimate of drug-likeness (QED) is 0.588. The van der Waals surface area contributed by atoms with Crippen molar-refractivity contribution in [2.45, 2.75) is 32.7 Å². The van der Waals surface area contributed by atoms with Crippen LogP contribution in [0.3, 0.4) is 0 Å². The van der Waals surface area contributed by atoms with Gasteiger partial charge in [-0.3, -0.25) is 14.5 Å². The van der Waals surface area contributed by atoms with Gasteiger partial charge in [0.1, 0.15) is 0 Å². The molecule has 0 aromatic heterocycles. The summed E-state index contributed by atoms with van der Waals surface area (Å²) in [6.07, 6.45) is 2.57. The molecule has 5 heteroatoms. The topological polar surface area (TPSA) is 69.6 Å². The van der Waals surface area contributed by atoms with Crippen LogP contribution in [0.1, 0.15) is 26.7 Å². The zero-order chi connectivity index (χ0) is 13.3. The van der Waals surface area contributed by atoms with Crippen molar-refractivity contribution >= 4 is 11.9 Å². The molecule has 0 fully saturated rings. The van der Waals surface area contributed by atoms with Gasteiger partial charge in [-0.1, -0.05) is 13.0 Å². The monoisotopic (exact) mass is 242 g/mol. The van der Waals surface area contributed by atoms with Crippen LogP contribution in [-0.2, 0) is 9.59 Å². The maximum Gasteiger partial charge on any atom is 0.304 e. The van der Waals surface area contributed by atoms with Crippen LogP contribution in [0.5, 0.6) is 0 Å². The maximum atomic E-state index is 11.6. The Morgan fingerprint density at radius 1 is 1.53 bits per heavy atom. The van der Waals surface area contributed by atoms with E-state index < -0.39 is 5.97 Å². The van der Waals surface area contributed by atoms with Gasteiger partial charge in [0.2, 0.25) is 5.91 Å². The maximum absolute atomic E-state index is 11.6. The summed E-state index contributed by atoms with van der Waals surface area (Å²) in [6, 6.07) is 0.146. The molecule has 0 rings (SSSR count). The first kappa shape index (κ1) is 15.6. The van der Waals surface area contributed by atoms with Gasteiger partial charge in [-0.25, -0.2) is 0 Å². The van der Waals surface area contributed by atoms with E-state index in [9.17, 15) is 9.59 Å². The van der Waals surface area contributed by atoms with E-state index in [2.05, 4.69) is 11.9 Å². The summed E-state index contributed by atoms with van der Waals surface area (Å²) in [5, 5.41) is 11.4. The number of nitrogens with zero attached hydrogens (tertiary/aromatic N) is 1. The van der Waals surface area contributed by atoms with Crippen LogP contribution in [0.25, 0.3) is 0 Å². The molecule has 1 atom stereocenters. The third kappa shape index (κ3) is 8.45. The number of rotatable bonds is 9. The summed E-state index contributed by atoms with van der Waals surface area (Å²) in [6.45, 7) is 8.61. The number of carboxylic acids is 1. The van der Waals surface area contributed by atoms with E-state index in [0.29, 0.717) is 13.1 Å². The highest BCUT2D eigenvalue weighted by Crippen LogP contribution is 1.94. The Morgan fingerprint density at radius 2 is 2.18 bits per heavy atom. The zero-order valence-corrected chi connectivity index (χ0v) is 10.6. The molecule has 0 saturated carbocycles. The fourth-order valence-corrected chi connectivity index (χ4v) is 1.30. The minimum absolute atomic E-state index is 0.0322. The fraction of sp³-hybridized carbons (Fsp3) is 0.667. The lowest BCUT2D eigenvalue weighted by Gasteiger charge is -2.20. The summed E-state index contributed by atoms with van der Waals surface area (Å²) in [5.74, 6) is -0.937. The molecule has 0 heterocycles. The molecule has 1 unspecified atom stereocenters. The fourth-order valence-electron chi connectivity index (χ4n) is 1.30. The van der Waals surface area contributed by atoms with Crippen molar-refractivity contribution in [2.24, 2.45) is 0 Å². The summed E-state index contributed by atoms with van der Waals surface area (Å²) < 4.78 is 0. The van der Waals surface area contributed by atoms with E-state index in [0.717, 1.165) is 6.42 Å². The molecule has 5 nitrogen and oxygen atoms in total. The lowest BCUT2D eigenvalue weighted by Crippen LogP contribution is -2.41. The molecule has 0 spiro atoms. The van der Waals surface area contributed by atoms with Gasteiger partial charge in [-0.2, -0.15) is 0 Å². The Bertz CT molecular complexity index is 266. The molecule has 0 aliphatic carbocycles. The van der Waals surface area contributed by atoms with Gasteiger partial charge < -0.3 is 10.4 Å². The first-order valence-corrected chi connectivity index (χ1v) is 5.84. The van der Waals surface area contributed by atoms with Gasteiger partial charge in [-0.05, 0) is 13.3 Å². The Labute approximate surface area is 102 Å². The molecular weight excluding hydrogens is 220 g/mol. The Balaban J connectivity index is 4.09. The van der Waals surface area contributed by atoms with Gasteiger partial charge in [0, 0.05) is 19.1 Å². The van der Waals surface area contributed by atoms with Crippen LogP contribution in [0, 0.1) is 0 Å². The first-order chi connectivity index (χ1) is 7.99. The Hall–Kier alpha value is -1.36. The molecule has 0 aromatic carbocycles. The zero-order valence-electron chi connectivity index (χ0n) is 10.6. The third-order valence-electron chi connectivity index (χ3n) is 2.42. The van der Waals surface area contributed by atoms with Crippen molar-refractivity contribution < 1.29 is 14.7 Å². The van der Waals surface area contributed by atoms with Gasteiger partial charge in [0.15, 0.2) is 0 Å². The third-order valence-corrected chi connectivity index (χ3v) is 2.42. The van der Waals surface area contributed by atoms with Gasteiger partial charge in [0.05, 0.1) is 13.0 Å². The van der Waals surface area contributed by atoms with Crippen LogP contribution < -0.4 is 5.32 Å². The van der Waals surface area contributed by atoms with Crippen LogP contribution in [0.2, 0.25) is 0 Å². The summed E-state index contributed by atoms with van der Waals surface area (Å²) in [5.41, 5.74) is 0. The number of amides is 1. The smallest absolute Gasteiger partial charge is 0.304 e. The van der Waals surface area contributed by atoms with E-state index in [4.69, 9.17) is 5.11 Å². The number of hydrogen-bond donors (Lipinski definition) is 2. The average Bonchev–Trinajstić information content (AvgIpc) is 2.25. The molecule has 0 aromatic rings. The van der Waals surface area contributed by atoms with E-state index in [1.807, 2.05) is 13.8 Å². The van der Waals surface area contributed by atoms with E-state index >= 15 is 0 Å². The predicted molar refractivity (Wildman–Crippen MR) is 66.8 cm³/mol. The van der Waals surface area contributed by atoms with E-state index in [1.165, 1.54) is 0 Å². The highest BCUT2D eigenvalue weighted by molar-refractivity contribution is 5.78. The average molecular weight is 242 g/mol. The molecule has 0 aliphatic heterocycles. The number of carbonyl (C=O) groups is 2. The Morgan fingerprint density at radius 3 is 2.65 bits per heavy atom. The minimum Gasteiger partial charge on any atom is -0.481 e. The number of hydrogen-bond acceptors (Lipinski definition) is 3. The molecule has 0 saturated heterocycles. The van der Waals surface area contributed by atoms with Crippen LogP contribution in [0.4, 0.5) is 0 Å². The first-order valence-electron chi connectivity index (χ1n) is 5.84. The lowest BCUT2D eigenvalue weighted by molar-refractivity contribution is -0.137. The molecule has 98 valence electrons. The summed E-state index contributed by atoms with van der Waals surface area (Å²) in [4.78, 5) is 23.8. The molecule has 17 heavy (non-hydrogen) atoms. The highest BCUT2D eigenvalue weighted by atomic mass is 16.4. The standard InChI is InChI=1S/C12H22N2O3/c1-4-7-14(8-6-12(16)17)9-11(15)13-10(3)5-2/h4,10H,1,5-9H2,2-3H3,(H,13,15)(H,16,17). The Kier molecular flexibility index (Phi) is 8.05. The van der Waals surface area contributed by atoms with Crippen molar-refractivity contribution in [3.63, 3.8) is 0 Å². The minimum atomic E-state index is -0.860. The van der Waals surface area contributed by atoms with Crippen molar-refractivity contribution in [3.8, 4) is 0 Å². The normalized spacial score (nSPS) is 12.2. The largest absolute Gasteiger partial charge is 0.481 e. The molecule has 0 radical (unpaired) electrons. The SMILES string of the molecule is C=CCN(CCC(=O)O)CC(=O)NC(C)CC. The van der Waals surface area contributed by atoms with Crippen LogP contribution >= 0.6 is 0 Å². The van der Waals surface area contributed by atoms with E-state index in [1.54, 1.807) is 11.0 Å². The van der Waals surface area contributed by atoms with Gasteiger partial charge >= 0.3 is 5.97 Å². The highest BCUT2D eigenvalue weighted by Gasteiger charge is 2.12. The van der Waals surface area contributed by atoms with Crippen molar-refractivity contribution in [2.75, 3.05) is 19.6 Å². The second kappa shape index (κ2) is 8.75. The number of nitrogens with one attached hydrogen (secondary N) is 1. The number of carbonyl (C=O) groups excluding carboxylic acids is 1. The molecular formula is C12H22N2O3. The number of aliphatic carboxylic acids is 1. The van der Waals surface area contributed by atoms with Crippen LogP contribution in [-0.4, -0.2) is 47.6 Å². The van der Waals surface area contributed by atoms with Crippen LogP contribution in [0.15, 0.2) is 12.7 Å². The van der Waals surface area contributed by atoms with Crippen molar-refractivity contribution in [1.82, 2.24) is 10.2 Å². The van der Waals surface area contributed by atoms with Crippen molar-refractivity contribution in [1.29, 1.82) is 0 Å². The number of carboxylic acid groups (broad SMARTS) is 1. The van der Waals surface area contributed by atoms with Gasteiger partial charge in [-0.15, -0.1) is 6.58 Å². The molecule has 0 bridgehead atoms. The molecule has 2 N–H and O–H groups in total. The molecule has 1 amide bonds. The predicted octanol–water partition coefficient (Wildman–Crippen LogP) is 0.864. The van der Waals surface area contributed by atoms with Crippen molar-refractivity contribution in [3.05, 3.63) is 12.7 Å².